The maximum absolute atomic E-state index is 11.0. The molecule has 0 amide bonds. The number of carbonyl (C=O) groups excluding carboxylic acids is 1. The van der Waals surface area contributed by atoms with Gasteiger partial charge in [-0.2, -0.15) is 0 Å². The van der Waals surface area contributed by atoms with E-state index in [9.17, 15) is 9.90 Å². The van der Waals surface area contributed by atoms with E-state index in [1.54, 1.807) is 6.92 Å². The van der Waals surface area contributed by atoms with Crippen LogP contribution in [0, 0.1) is 6.92 Å². The molecule has 1 aromatic rings. The molecular formula is C12H16ClN3O2. The molecule has 1 fully saturated rings. The lowest BCUT2D eigenvalue weighted by Crippen LogP contribution is -2.29. The first kappa shape index (κ1) is 13.2. The fourth-order valence-corrected chi connectivity index (χ4v) is 2.43. The number of aliphatic hydroxyl groups excluding tert-OH is 1. The van der Waals surface area contributed by atoms with Crippen molar-refractivity contribution in [2.75, 3.05) is 5.32 Å². The van der Waals surface area contributed by atoms with Crippen molar-refractivity contribution in [3.05, 3.63) is 16.5 Å². The van der Waals surface area contributed by atoms with Gasteiger partial charge in [-0.25, -0.2) is 9.97 Å². The Hall–Kier alpha value is -1.20. The molecule has 0 saturated heterocycles. The van der Waals surface area contributed by atoms with E-state index in [1.165, 1.54) is 0 Å². The molecule has 2 rings (SSSR count). The Kier molecular flexibility index (Phi) is 4.14. The van der Waals surface area contributed by atoms with E-state index >= 15 is 0 Å². The number of aromatic nitrogens is 2. The van der Waals surface area contributed by atoms with Gasteiger partial charge < -0.3 is 10.4 Å². The molecule has 6 heteroatoms. The van der Waals surface area contributed by atoms with E-state index < -0.39 is 0 Å². The highest BCUT2D eigenvalue weighted by atomic mass is 35.5. The van der Waals surface area contributed by atoms with Crippen LogP contribution < -0.4 is 5.32 Å². The highest BCUT2D eigenvalue weighted by molar-refractivity contribution is 6.32. The second kappa shape index (κ2) is 5.63. The summed E-state index contributed by atoms with van der Waals surface area (Å²) in [5.74, 6) is 1.02. The molecule has 0 aromatic carbocycles. The Morgan fingerprint density at radius 3 is 2.61 bits per heavy atom. The van der Waals surface area contributed by atoms with Gasteiger partial charge in [0.25, 0.3) is 0 Å². The first-order valence-corrected chi connectivity index (χ1v) is 6.42. The number of carbonyl (C=O) groups is 1. The molecule has 5 nitrogen and oxygen atoms in total. The molecule has 0 radical (unpaired) electrons. The summed E-state index contributed by atoms with van der Waals surface area (Å²) in [5.41, 5.74) is 0.299. The number of nitrogens with zero attached hydrogens (tertiary/aromatic N) is 2. The van der Waals surface area contributed by atoms with Crippen molar-refractivity contribution < 1.29 is 9.90 Å². The van der Waals surface area contributed by atoms with Crippen LogP contribution in [-0.4, -0.2) is 33.5 Å². The number of aryl methyl sites for hydroxylation is 1. The van der Waals surface area contributed by atoms with Crippen molar-refractivity contribution in [1.29, 1.82) is 0 Å². The summed E-state index contributed by atoms with van der Waals surface area (Å²) in [4.78, 5) is 19.2. The largest absolute Gasteiger partial charge is 0.393 e. The lowest BCUT2D eigenvalue weighted by molar-refractivity contribution is 0.112. The van der Waals surface area contributed by atoms with Gasteiger partial charge in [0.2, 0.25) is 0 Å². The smallest absolute Gasteiger partial charge is 0.156 e. The van der Waals surface area contributed by atoms with Gasteiger partial charge in [0.1, 0.15) is 16.8 Å². The highest BCUT2D eigenvalue weighted by Gasteiger charge is 2.21. The number of aldehydes is 1. The first-order chi connectivity index (χ1) is 8.60. The van der Waals surface area contributed by atoms with E-state index in [0.29, 0.717) is 23.5 Å². The van der Waals surface area contributed by atoms with E-state index in [0.717, 1.165) is 25.7 Å². The van der Waals surface area contributed by atoms with Crippen LogP contribution >= 0.6 is 11.6 Å². The maximum Gasteiger partial charge on any atom is 0.156 e. The van der Waals surface area contributed by atoms with Crippen LogP contribution in [0.2, 0.25) is 5.15 Å². The molecule has 98 valence electrons. The summed E-state index contributed by atoms with van der Waals surface area (Å²) >= 11 is 5.91. The SMILES string of the molecule is Cc1nc(Cl)c(C=O)c(NC2CCC(O)CC2)n1. The van der Waals surface area contributed by atoms with Crippen molar-refractivity contribution in [3.63, 3.8) is 0 Å². The van der Waals surface area contributed by atoms with Crippen molar-refractivity contribution in [2.45, 2.75) is 44.8 Å². The molecule has 0 unspecified atom stereocenters. The van der Waals surface area contributed by atoms with Gasteiger partial charge in [0.15, 0.2) is 6.29 Å². The minimum atomic E-state index is -0.204. The molecule has 0 atom stereocenters. The number of hydrogen-bond donors (Lipinski definition) is 2. The van der Waals surface area contributed by atoms with E-state index in [2.05, 4.69) is 15.3 Å². The molecule has 1 aromatic heterocycles. The summed E-state index contributed by atoms with van der Waals surface area (Å²) in [6.07, 6.45) is 3.73. The van der Waals surface area contributed by atoms with Crippen LogP contribution in [0.5, 0.6) is 0 Å². The zero-order chi connectivity index (χ0) is 13.1. The van der Waals surface area contributed by atoms with Gasteiger partial charge in [0, 0.05) is 6.04 Å². The van der Waals surface area contributed by atoms with E-state index in [-0.39, 0.29) is 17.3 Å². The van der Waals surface area contributed by atoms with Gasteiger partial charge in [-0.1, -0.05) is 11.6 Å². The van der Waals surface area contributed by atoms with Gasteiger partial charge in [-0.3, -0.25) is 4.79 Å². The number of nitrogens with one attached hydrogen (secondary N) is 1. The Morgan fingerprint density at radius 1 is 1.33 bits per heavy atom. The number of rotatable bonds is 3. The summed E-state index contributed by atoms with van der Waals surface area (Å²) in [6, 6.07) is 0.220. The van der Waals surface area contributed by atoms with Crippen molar-refractivity contribution in [2.24, 2.45) is 0 Å². The third-order valence-corrected chi connectivity index (χ3v) is 3.45. The first-order valence-electron chi connectivity index (χ1n) is 6.04. The van der Waals surface area contributed by atoms with Crippen molar-refractivity contribution in [3.8, 4) is 0 Å². The molecule has 2 N–H and O–H groups in total. The summed E-state index contributed by atoms with van der Waals surface area (Å²) in [7, 11) is 0. The van der Waals surface area contributed by atoms with Crippen LogP contribution in [0.4, 0.5) is 5.82 Å². The molecular weight excluding hydrogens is 254 g/mol. The topological polar surface area (TPSA) is 75.1 Å². The monoisotopic (exact) mass is 269 g/mol. The zero-order valence-corrected chi connectivity index (χ0v) is 10.9. The fraction of sp³-hybridized carbons (Fsp3) is 0.583. The number of hydrogen-bond acceptors (Lipinski definition) is 5. The second-order valence-corrected chi connectivity index (χ2v) is 4.95. The molecule has 0 spiro atoms. The molecule has 0 bridgehead atoms. The highest BCUT2D eigenvalue weighted by Crippen LogP contribution is 2.25. The minimum absolute atomic E-state index is 0.177. The summed E-state index contributed by atoms with van der Waals surface area (Å²) in [5, 5.41) is 12.9. The van der Waals surface area contributed by atoms with Crippen LogP contribution in [0.25, 0.3) is 0 Å². The third kappa shape index (κ3) is 2.97. The summed E-state index contributed by atoms with van der Waals surface area (Å²) in [6.45, 7) is 1.73. The molecule has 1 heterocycles. The Morgan fingerprint density at radius 2 is 2.00 bits per heavy atom. The Bertz CT molecular complexity index is 445. The standard InChI is InChI=1S/C12H16ClN3O2/c1-7-14-11(13)10(6-17)12(15-7)16-8-2-4-9(18)5-3-8/h6,8-9,18H,2-5H2,1H3,(H,14,15,16). The number of aliphatic hydroxyl groups is 1. The molecule has 1 aliphatic carbocycles. The van der Waals surface area contributed by atoms with E-state index in [1.807, 2.05) is 0 Å². The quantitative estimate of drug-likeness (QED) is 0.648. The van der Waals surface area contributed by atoms with Crippen LogP contribution in [0.1, 0.15) is 41.9 Å². The van der Waals surface area contributed by atoms with E-state index in [4.69, 9.17) is 11.6 Å². The number of halogens is 1. The predicted molar refractivity (Wildman–Crippen MR) is 69.1 cm³/mol. The fourth-order valence-electron chi connectivity index (χ4n) is 2.17. The molecule has 0 aliphatic heterocycles. The Balaban J connectivity index is 2.15. The van der Waals surface area contributed by atoms with Gasteiger partial charge in [0.05, 0.1) is 11.7 Å². The van der Waals surface area contributed by atoms with Crippen molar-refractivity contribution >= 4 is 23.7 Å². The third-order valence-electron chi connectivity index (χ3n) is 3.17. The van der Waals surface area contributed by atoms with Crippen molar-refractivity contribution in [1.82, 2.24) is 9.97 Å². The predicted octanol–water partition coefficient (Wildman–Crippen LogP) is 1.97. The Labute approximate surface area is 111 Å². The lowest BCUT2D eigenvalue weighted by Gasteiger charge is -2.27. The molecule has 18 heavy (non-hydrogen) atoms. The zero-order valence-electron chi connectivity index (χ0n) is 10.2. The number of anilines is 1. The van der Waals surface area contributed by atoms with Gasteiger partial charge >= 0.3 is 0 Å². The lowest BCUT2D eigenvalue weighted by atomic mass is 9.93. The van der Waals surface area contributed by atoms with Gasteiger partial charge in [-0.05, 0) is 32.6 Å². The maximum atomic E-state index is 11.0. The molecule has 1 aliphatic rings. The summed E-state index contributed by atoms with van der Waals surface area (Å²) < 4.78 is 0. The van der Waals surface area contributed by atoms with Gasteiger partial charge in [-0.15, -0.1) is 0 Å². The molecule has 1 saturated carbocycles. The normalized spacial score (nSPS) is 23.7. The van der Waals surface area contributed by atoms with Crippen LogP contribution in [0.3, 0.4) is 0 Å². The average Bonchev–Trinajstić information content (AvgIpc) is 2.32. The second-order valence-electron chi connectivity index (χ2n) is 4.59. The van der Waals surface area contributed by atoms with Crippen LogP contribution in [0.15, 0.2) is 0 Å². The van der Waals surface area contributed by atoms with Crippen LogP contribution in [-0.2, 0) is 0 Å². The minimum Gasteiger partial charge on any atom is -0.393 e. The average molecular weight is 270 g/mol.